The fraction of sp³-hybridized carbons (Fsp3) is 0.647. The van der Waals surface area contributed by atoms with Gasteiger partial charge in [0, 0.05) is 13.0 Å². The molecule has 2 aromatic heterocycles. The normalized spacial score (nSPS) is 25.9. The molecule has 4 rings (SSSR count). The van der Waals surface area contributed by atoms with E-state index >= 15 is 0 Å². The molecular weight excluding hydrogens is 370 g/mol. The smallest absolute Gasteiger partial charge is 0.332 e. The zero-order valence-electron chi connectivity index (χ0n) is 15.4. The molecule has 2 aliphatic rings. The average molecular weight is 393 g/mol. The summed E-state index contributed by atoms with van der Waals surface area (Å²) in [5.74, 6) is -0.368. The fourth-order valence-electron chi connectivity index (χ4n) is 3.70. The Kier molecular flexibility index (Phi) is 4.60. The number of rotatable bonds is 6. The predicted molar refractivity (Wildman–Crippen MR) is 96.1 cm³/mol. The predicted octanol–water partition coefficient (Wildman–Crippen LogP) is -0.841. The molecule has 1 saturated carbocycles. The second kappa shape index (κ2) is 6.83. The maximum atomic E-state index is 13.2. The Balaban J connectivity index is 1.80. The lowest BCUT2D eigenvalue weighted by Crippen LogP contribution is -2.35. The van der Waals surface area contributed by atoms with Gasteiger partial charge in [-0.05, 0) is 19.8 Å². The molecule has 0 aromatic carbocycles. The summed E-state index contributed by atoms with van der Waals surface area (Å²) in [7, 11) is 0. The van der Waals surface area contributed by atoms with Crippen LogP contribution in [0, 0.1) is 5.41 Å². The topological polar surface area (TPSA) is 155 Å². The van der Waals surface area contributed by atoms with Crippen LogP contribution < -0.4 is 11.4 Å². The Morgan fingerprint density at radius 1 is 1.50 bits per heavy atom. The molecule has 4 N–H and O–H groups in total. The van der Waals surface area contributed by atoms with Crippen molar-refractivity contribution in [3.05, 3.63) is 16.7 Å². The highest BCUT2D eigenvalue weighted by molar-refractivity contribution is 5.80. The number of nitrogens with two attached hydrogens (primary N) is 1. The summed E-state index contributed by atoms with van der Waals surface area (Å²) in [5, 5.41) is 19.7. The highest BCUT2D eigenvalue weighted by Crippen LogP contribution is 2.48. The number of hydrogen-bond acceptors (Lipinski definition) is 9. The van der Waals surface area contributed by atoms with Crippen LogP contribution in [-0.4, -0.2) is 60.7 Å². The molecule has 0 bridgehead atoms. The van der Waals surface area contributed by atoms with Gasteiger partial charge >= 0.3 is 11.7 Å². The second-order valence-electron chi connectivity index (χ2n) is 7.31. The van der Waals surface area contributed by atoms with Gasteiger partial charge in [-0.3, -0.25) is 9.36 Å². The van der Waals surface area contributed by atoms with Crippen molar-refractivity contribution in [1.82, 2.24) is 19.1 Å². The lowest BCUT2D eigenvalue weighted by atomic mass is 10.1. The summed E-state index contributed by atoms with van der Waals surface area (Å²) < 4.78 is 13.4. The Bertz CT molecular complexity index is 965. The van der Waals surface area contributed by atoms with E-state index in [1.165, 1.54) is 15.3 Å². The number of fused-ring (bicyclic) bond motifs is 1. The standard InChI is InChI=1S/C17H23N5O6/c1-2-27-14(25)17(3-4-17)8-21-10-6-19-15(18)20-12(10)22(16(21)26)13-11(24)5-9(7-23)28-13/h6,9,11,13,23-24H,2-5,7-8H2,1H3,(H2,18,19,20)/t9-,11+,13+/m0/s1. The van der Waals surface area contributed by atoms with Crippen molar-refractivity contribution in [3.8, 4) is 0 Å². The van der Waals surface area contributed by atoms with Crippen molar-refractivity contribution in [2.24, 2.45) is 5.41 Å². The van der Waals surface area contributed by atoms with E-state index in [0.717, 1.165) is 0 Å². The van der Waals surface area contributed by atoms with Crippen molar-refractivity contribution in [2.75, 3.05) is 18.9 Å². The quantitative estimate of drug-likeness (QED) is 0.533. The first-order chi connectivity index (χ1) is 13.4. The molecule has 1 aliphatic carbocycles. The number of esters is 1. The molecule has 1 saturated heterocycles. The largest absolute Gasteiger partial charge is 0.466 e. The minimum atomic E-state index is -1.01. The van der Waals surface area contributed by atoms with Gasteiger partial charge in [0.2, 0.25) is 5.95 Å². The van der Waals surface area contributed by atoms with Crippen LogP contribution in [0.4, 0.5) is 5.95 Å². The second-order valence-corrected chi connectivity index (χ2v) is 7.31. The number of imidazole rings is 1. The van der Waals surface area contributed by atoms with E-state index in [1.807, 2.05) is 0 Å². The van der Waals surface area contributed by atoms with E-state index in [4.69, 9.17) is 15.2 Å². The highest BCUT2D eigenvalue weighted by Gasteiger charge is 2.52. The molecule has 152 valence electrons. The van der Waals surface area contributed by atoms with E-state index in [1.54, 1.807) is 6.92 Å². The van der Waals surface area contributed by atoms with Crippen molar-refractivity contribution in [3.63, 3.8) is 0 Å². The number of anilines is 1. The van der Waals surface area contributed by atoms with Crippen LogP contribution >= 0.6 is 0 Å². The number of nitrogen functional groups attached to an aromatic ring is 1. The Morgan fingerprint density at radius 2 is 2.25 bits per heavy atom. The molecule has 0 unspecified atom stereocenters. The molecular formula is C17H23N5O6. The first kappa shape index (κ1) is 18.8. The Hall–Kier alpha value is -2.50. The van der Waals surface area contributed by atoms with Crippen LogP contribution in [0.5, 0.6) is 0 Å². The zero-order chi connectivity index (χ0) is 20.1. The maximum Gasteiger partial charge on any atom is 0.332 e. The molecule has 0 amide bonds. The molecule has 2 fully saturated rings. The van der Waals surface area contributed by atoms with E-state index in [0.29, 0.717) is 18.4 Å². The van der Waals surface area contributed by atoms with Crippen LogP contribution in [0.2, 0.25) is 0 Å². The first-order valence-electron chi connectivity index (χ1n) is 9.25. The van der Waals surface area contributed by atoms with E-state index in [-0.39, 0.29) is 43.7 Å². The molecule has 3 atom stereocenters. The number of carbonyl (C=O) groups excluding carboxylic acids is 1. The van der Waals surface area contributed by atoms with Crippen LogP contribution in [0.1, 0.15) is 32.4 Å². The van der Waals surface area contributed by atoms with Crippen LogP contribution in [0.3, 0.4) is 0 Å². The third kappa shape index (κ3) is 2.95. The third-order valence-electron chi connectivity index (χ3n) is 5.37. The number of aliphatic hydroxyl groups is 2. The minimum Gasteiger partial charge on any atom is -0.466 e. The zero-order valence-corrected chi connectivity index (χ0v) is 15.4. The van der Waals surface area contributed by atoms with Gasteiger partial charge in [-0.15, -0.1) is 0 Å². The van der Waals surface area contributed by atoms with Gasteiger partial charge in [0.05, 0.1) is 30.9 Å². The summed E-state index contributed by atoms with van der Waals surface area (Å²) in [6, 6.07) is 0. The van der Waals surface area contributed by atoms with Crippen LogP contribution in [-0.2, 0) is 20.8 Å². The third-order valence-corrected chi connectivity index (χ3v) is 5.37. The van der Waals surface area contributed by atoms with Crippen LogP contribution in [0.25, 0.3) is 11.2 Å². The van der Waals surface area contributed by atoms with E-state index in [9.17, 15) is 19.8 Å². The van der Waals surface area contributed by atoms with Gasteiger partial charge in [-0.1, -0.05) is 0 Å². The fourth-order valence-corrected chi connectivity index (χ4v) is 3.70. The van der Waals surface area contributed by atoms with Crippen molar-refractivity contribution >= 4 is 23.1 Å². The highest BCUT2D eigenvalue weighted by atomic mass is 16.5. The maximum absolute atomic E-state index is 13.2. The van der Waals surface area contributed by atoms with Crippen molar-refractivity contribution in [1.29, 1.82) is 0 Å². The van der Waals surface area contributed by atoms with Gasteiger partial charge in [0.15, 0.2) is 11.9 Å². The lowest BCUT2D eigenvalue weighted by molar-refractivity contribution is -0.150. The summed E-state index contributed by atoms with van der Waals surface area (Å²) in [5.41, 5.74) is 5.06. The average Bonchev–Trinajstić information content (AvgIpc) is 3.30. The number of ether oxygens (including phenoxy) is 2. The minimum absolute atomic E-state index is 0.0314. The number of nitrogens with zero attached hydrogens (tertiary/aromatic N) is 4. The van der Waals surface area contributed by atoms with Gasteiger partial charge in [-0.25, -0.2) is 14.3 Å². The summed E-state index contributed by atoms with van der Waals surface area (Å²) in [4.78, 5) is 33.7. The lowest BCUT2D eigenvalue weighted by Gasteiger charge is -2.16. The molecule has 0 radical (unpaired) electrons. The number of carbonyl (C=O) groups is 1. The van der Waals surface area contributed by atoms with Gasteiger partial charge in [0.1, 0.15) is 11.6 Å². The number of hydrogen-bond donors (Lipinski definition) is 3. The summed E-state index contributed by atoms with van der Waals surface area (Å²) >= 11 is 0. The van der Waals surface area contributed by atoms with Crippen molar-refractivity contribution < 1.29 is 24.5 Å². The molecule has 1 aliphatic heterocycles. The van der Waals surface area contributed by atoms with Gasteiger partial charge in [0.25, 0.3) is 0 Å². The van der Waals surface area contributed by atoms with E-state index < -0.39 is 29.5 Å². The summed E-state index contributed by atoms with van der Waals surface area (Å²) in [6.45, 7) is 1.85. The molecule has 11 nitrogen and oxygen atoms in total. The molecule has 28 heavy (non-hydrogen) atoms. The SMILES string of the molecule is CCOC(=O)C1(Cn2c(=O)n([C@@H]3O[C@H](CO)C[C@H]3O)c3nc(N)ncc32)CC1. The van der Waals surface area contributed by atoms with Gasteiger partial charge < -0.3 is 25.4 Å². The van der Waals surface area contributed by atoms with E-state index in [2.05, 4.69) is 9.97 Å². The first-order valence-corrected chi connectivity index (χ1v) is 9.25. The summed E-state index contributed by atoms with van der Waals surface area (Å²) in [6.07, 6.45) is 0.255. The van der Waals surface area contributed by atoms with Crippen LogP contribution in [0.15, 0.2) is 11.0 Å². The van der Waals surface area contributed by atoms with Crippen molar-refractivity contribution in [2.45, 2.75) is 51.2 Å². The number of aliphatic hydroxyl groups excluding tert-OH is 2. The molecule has 2 aromatic rings. The molecule has 3 heterocycles. The Morgan fingerprint density at radius 3 is 2.86 bits per heavy atom. The monoisotopic (exact) mass is 393 g/mol. The molecule has 11 heteroatoms. The van der Waals surface area contributed by atoms with Gasteiger partial charge in [-0.2, -0.15) is 4.98 Å². The Labute approximate surface area is 159 Å². The molecule has 0 spiro atoms. The number of aromatic nitrogens is 4.